The van der Waals surface area contributed by atoms with Crippen LogP contribution in [-0.4, -0.2) is 66.7 Å². The average Bonchev–Trinajstić information content (AvgIpc) is 3.15. The predicted molar refractivity (Wildman–Crippen MR) is 128 cm³/mol. The van der Waals surface area contributed by atoms with Crippen LogP contribution in [0.15, 0.2) is 24.3 Å². The Morgan fingerprint density at radius 2 is 2.00 bits per heavy atom. The zero-order valence-corrected chi connectivity index (χ0v) is 21.1. The van der Waals surface area contributed by atoms with Gasteiger partial charge in [0.25, 0.3) is 10.1 Å². The highest BCUT2D eigenvalue weighted by Gasteiger charge is 2.37. The van der Waals surface area contributed by atoms with Gasteiger partial charge in [0, 0.05) is 23.9 Å². The molecule has 1 aromatic carbocycles. The van der Waals surface area contributed by atoms with Gasteiger partial charge in [0.1, 0.15) is 6.04 Å². The van der Waals surface area contributed by atoms with Crippen molar-refractivity contribution >= 4 is 39.6 Å². The summed E-state index contributed by atoms with van der Waals surface area (Å²) in [6.07, 6.45) is -0.0861. The molecule has 1 aromatic rings. The number of carbonyl (C=O) groups is 3. The average molecular weight is 534 g/mol. The number of nitrogens with one attached hydrogen (secondary N) is 3. The molecule has 0 aromatic heterocycles. The number of benzene rings is 1. The van der Waals surface area contributed by atoms with Gasteiger partial charge in [0.05, 0.1) is 12.6 Å². The first kappa shape index (κ1) is 28.8. The molecule has 4 atom stereocenters. The third-order valence-corrected chi connectivity index (χ3v) is 6.68. The van der Waals surface area contributed by atoms with E-state index in [2.05, 4.69) is 16.0 Å². The van der Waals surface area contributed by atoms with Crippen LogP contribution in [0.3, 0.4) is 0 Å². The van der Waals surface area contributed by atoms with Crippen LogP contribution < -0.4 is 16.0 Å². The second kappa shape index (κ2) is 13.1. The van der Waals surface area contributed by atoms with Crippen molar-refractivity contribution in [3.8, 4) is 0 Å². The van der Waals surface area contributed by atoms with Gasteiger partial charge in [-0.15, -0.1) is 0 Å². The maximum Gasteiger partial charge on any atom is 0.407 e. The maximum absolute atomic E-state index is 13.0. The number of ether oxygens (including phenoxy) is 1. The molecular weight excluding hydrogens is 502 g/mol. The lowest BCUT2D eigenvalue weighted by Gasteiger charge is -2.27. The van der Waals surface area contributed by atoms with Gasteiger partial charge in [-0.3, -0.25) is 14.1 Å². The van der Waals surface area contributed by atoms with Crippen molar-refractivity contribution in [1.82, 2.24) is 16.0 Å². The Hall–Kier alpha value is -2.41. The monoisotopic (exact) mass is 533 g/mol. The Morgan fingerprint density at radius 1 is 1.29 bits per heavy atom. The Morgan fingerprint density at radius 3 is 2.57 bits per heavy atom. The van der Waals surface area contributed by atoms with Crippen LogP contribution in [-0.2, 0) is 30.9 Å². The third kappa shape index (κ3) is 9.63. The molecule has 1 aliphatic rings. The maximum atomic E-state index is 13.0. The number of alkyl carbamates (subject to hydrolysis) is 1. The summed E-state index contributed by atoms with van der Waals surface area (Å²) in [5.74, 6) is -1.81. The molecule has 35 heavy (non-hydrogen) atoms. The van der Waals surface area contributed by atoms with Crippen LogP contribution in [0.5, 0.6) is 0 Å². The molecule has 0 radical (unpaired) electrons. The quantitative estimate of drug-likeness (QED) is 0.250. The fraction of sp³-hybridized carbons (Fsp3) is 0.591. The van der Waals surface area contributed by atoms with E-state index in [1.54, 1.807) is 18.2 Å². The van der Waals surface area contributed by atoms with Crippen LogP contribution >= 0.6 is 11.6 Å². The SMILES string of the molecule is CC(C)C[C@H](NC(=O)OCCc1cccc(Cl)c1)C(=O)N[C@@H](C[C@@H]1CCNC1=O)[C@@H](O)S(=O)(=O)O. The topological polar surface area (TPSA) is 171 Å². The highest BCUT2D eigenvalue weighted by atomic mass is 35.5. The number of hydrogen-bond donors (Lipinski definition) is 5. The molecule has 196 valence electrons. The Balaban J connectivity index is 2.03. The summed E-state index contributed by atoms with van der Waals surface area (Å²) >= 11 is 5.93. The van der Waals surface area contributed by atoms with Crippen molar-refractivity contribution in [3.05, 3.63) is 34.9 Å². The van der Waals surface area contributed by atoms with E-state index >= 15 is 0 Å². The number of aliphatic hydroxyl groups is 1. The van der Waals surface area contributed by atoms with Gasteiger partial charge in [-0.2, -0.15) is 8.42 Å². The second-order valence-corrected chi connectivity index (χ2v) is 10.8. The van der Waals surface area contributed by atoms with Crippen molar-refractivity contribution < 1.29 is 37.2 Å². The largest absolute Gasteiger partial charge is 0.449 e. The van der Waals surface area contributed by atoms with Gasteiger partial charge in [-0.25, -0.2) is 4.79 Å². The molecule has 5 N–H and O–H groups in total. The Bertz CT molecular complexity index is 1000. The van der Waals surface area contributed by atoms with Crippen LogP contribution in [0.4, 0.5) is 4.79 Å². The van der Waals surface area contributed by atoms with E-state index < -0.39 is 45.6 Å². The standard InChI is InChI=1S/C22H32ClN3O8S/c1-13(2)10-17(26-22(30)34-9-7-14-4-3-5-16(23)11-14)20(28)25-18(21(29)35(31,32)33)12-15-6-8-24-19(15)27/h3-5,11,13,15,17-18,21,29H,6-10,12H2,1-2H3,(H,24,27)(H,25,28)(H,26,30)(H,31,32,33)/t15-,17-,18-,21-/m0/s1. The fourth-order valence-electron chi connectivity index (χ4n) is 3.75. The first-order valence-electron chi connectivity index (χ1n) is 11.3. The molecule has 0 bridgehead atoms. The molecule has 0 unspecified atom stereocenters. The fourth-order valence-corrected chi connectivity index (χ4v) is 4.56. The van der Waals surface area contributed by atoms with Crippen molar-refractivity contribution in [2.24, 2.45) is 11.8 Å². The number of rotatable bonds is 12. The summed E-state index contributed by atoms with van der Waals surface area (Å²) in [7, 11) is -4.93. The van der Waals surface area contributed by atoms with Crippen LogP contribution in [0.2, 0.25) is 5.02 Å². The van der Waals surface area contributed by atoms with Gasteiger partial charge >= 0.3 is 6.09 Å². The zero-order valence-electron chi connectivity index (χ0n) is 19.6. The smallest absolute Gasteiger partial charge is 0.407 e. The molecule has 1 saturated heterocycles. The van der Waals surface area contributed by atoms with Gasteiger partial charge in [0.2, 0.25) is 17.3 Å². The van der Waals surface area contributed by atoms with Crippen molar-refractivity contribution in [1.29, 1.82) is 0 Å². The lowest BCUT2D eigenvalue weighted by atomic mass is 9.97. The van der Waals surface area contributed by atoms with E-state index in [0.717, 1.165) is 5.56 Å². The molecule has 0 aliphatic carbocycles. The summed E-state index contributed by atoms with van der Waals surface area (Å²) in [5.41, 5.74) is -1.48. The summed E-state index contributed by atoms with van der Waals surface area (Å²) in [4.78, 5) is 37.2. The van der Waals surface area contributed by atoms with E-state index in [4.69, 9.17) is 16.3 Å². The third-order valence-electron chi connectivity index (χ3n) is 5.51. The number of carbonyl (C=O) groups excluding carboxylic acids is 3. The molecule has 2 rings (SSSR count). The highest BCUT2D eigenvalue weighted by molar-refractivity contribution is 7.86. The van der Waals surface area contributed by atoms with Gasteiger partial charge < -0.3 is 25.8 Å². The second-order valence-electron chi connectivity index (χ2n) is 8.88. The van der Waals surface area contributed by atoms with Crippen LogP contribution in [0.1, 0.15) is 38.7 Å². The van der Waals surface area contributed by atoms with Gasteiger partial charge in [-0.1, -0.05) is 37.6 Å². The van der Waals surface area contributed by atoms with Gasteiger partial charge in [-0.05, 0) is 42.9 Å². The van der Waals surface area contributed by atoms with E-state index in [-0.39, 0.29) is 31.3 Å². The first-order valence-corrected chi connectivity index (χ1v) is 13.1. The molecule has 0 spiro atoms. The summed E-state index contributed by atoms with van der Waals surface area (Å²) in [6, 6.07) is 4.48. The zero-order chi connectivity index (χ0) is 26.2. The molecule has 1 fully saturated rings. The molecule has 11 nitrogen and oxygen atoms in total. The number of aliphatic hydroxyl groups excluding tert-OH is 1. The Labute approximate surface area is 209 Å². The number of halogens is 1. The Kier molecular flexibility index (Phi) is 10.7. The van der Waals surface area contributed by atoms with Crippen LogP contribution in [0, 0.1) is 11.8 Å². The molecular formula is C22H32ClN3O8S. The summed E-state index contributed by atoms with van der Waals surface area (Å²) in [5, 5.41) is 18.1. The normalized spacial score (nSPS) is 18.5. The minimum atomic E-state index is -4.93. The van der Waals surface area contributed by atoms with Gasteiger partial charge in [0.15, 0.2) is 0 Å². The minimum absolute atomic E-state index is 0.0308. The lowest BCUT2D eigenvalue weighted by molar-refractivity contribution is -0.126. The van der Waals surface area contributed by atoms with E-state index in [9.17, 15) is 32.5 Å². The molecule has 13 heteroatoms. The molecule has 0 saturated carbocycles. The van der Waals surface area contributed by atoms with Crippen molar-refractivity contribution in [2.45, 2.75) is 57.1 Å². The van der Waals surface area contributed by atoms with E-state index in [1.165, 1.54) is 0 Å². The highest BCUT2D eigenvalue weighted by Crippen LogP contribution is 2.20. The van der Waals surface area contributed by atoms with E-state index in [1.807, 2.05) is 19.9 Å². The van der Waals surface area contributed by atoms with Crippen molar-refractivity contribution in [2.75, 3.05) is 13.2 Å². The number of amides is 3. The molecule has 1 aliphatic heterocycles. The minimum Gasteiger partial charge on any atom is -0.449 e. The predicted octanol–water partition coefficient (Wildman–Crippen LogP) is 1.24. The summed E-state index contributed by atoms with van der Waals surface area (Å²) < 4.78 is 37.6. The lowest BCUT2D eigenvalue weighted by Crippen LogP contribution is -2.55. The van der Waals surface area contributed by atoms with Crippen LogP contribution in [0.25, 0.3) is 0 Å². The first-order chi connectivity index (χ1) is 16.4. The molecule has 1 heterocycles. The number of hydrogen-bond acceptors (Lipinski definition) is 7. The van der Waals surface area contributed by atoms with Crippen molar-refractivity contribution in [3.63, 3.8) is 0 Å². The molecule has 3 amide bonds. The van der Waals surface area contributed by atoms with E-state index in [0.29, 0.717) is 24.4 Å². The summed E-state index contributed by atoms with van der Waals surface area (Å²) in [6.45, 7) is 4.05.